The number of hydrogen-bond donors (Lipinski definition) is 2. The molecule has 5 heteroatoms. The van der Waals surface area contributed by atoms with Crippen LogP contribution in [0.1, 0.15) is 26.6 Å². The van der Waals surface area contributed by atoms with Crippen molar-refractivity contribution in [1.82, 2.24) is 20.5 Å². The summed E-state index contributed by atoms with van der Waals surface area (Å²) in [5.74, 6) is 1.69. The van der Waals surface area contributed by atoms with Gasteiger partial charge in [0.1, 0.15) is 5.82 Å². The first kappa shape index (κ1) is 11.0. The van der Waals surface area contributed by atoms with Crippen molar-refractivity contribution in [3.63, 3.8) is 0 Å². The number of hydrogen-bond acceptors (Lipinski definition) is 4. The van der Waals surface area contributed by atoms with Crippen molar-refractivity contribution in [3.8, 4) is 0 Å². The zero-order chi connectivity index (χ0) is 10.4. The highest BCUT2D eigenvalue weighted by Gasteiger charge is 2.07. The Morgan fingerprint density at radius 1 is 1.29 bits per heavy atom. The van der Waals surface area contributed by atoms with Gasteiger partial charge in [-0.05, 0) is 20.4 Å². The summed E-state index contributed by atoms with van der Waals surface area (Å²) in [6.07, 6.45) is 0. The van der Waals surface area contributed by atoms with E-state index in [-0.39, 0.29) is 0 Å². The number of nitrogens with zero attached hydrogens (tertiary/aromatic N) is 3. The lowest BCUT2D eigenvalue weighted by atomic mass is 10.5. The summed E-state index contributed by atoms with van der Waals surface area (Å²) < 4.78 is 0. The predicted molar refractivity (Wildman–Crippen MR) is 57.3 cm³/mol. The average molecular weight is 197 g/mol. The van der Waals surface area contributed by atoms with Crippen LogP contribution in [-0.2, 0) is 6.54 Å². The van der Waals surface area contributed by atoms with Crippen molar-refractivity contribution in [3.05, 3.63) is 5.82 Å². The minimum atomic E-state index is 0.755. The zero-order valence-electron chi connectivity index (χ0n) is 9.17. The molecule has 0 unspecified atom stereocenters. The first-order valence-electron chi connectivity index (χ1n) is 5.18. The molecule has 0 amide bonds. The Labute approximate surface area is 84.9 Å². The molecule has 80 valence electrons. The van der Waals surface area contributed by atoms with E-state index in [9.17, 15) is 0 Å². The molecule has 0 aliphatic heterocycles. The van der Waals surface area contributed by atoms with Gasteiger partial charge >= 0.3 is 0 Å². The number of aromatic nitrogens is 3. The Balaban J connectivity index is 2.57. The van der Waals surface area contributed by atoms with Gasteiger partial charge in [-0.1, -0.05) is 6.92 Å². The third kappa shape index (κ3) is 2.70. The summed E-state index contributed by atoms with van der Waals surface area (Å²) >= 11 is 0. The highest BCUT2D eigenvalue weighted by Crippen LogP contribution is 2.05. The Morgan fingerprint density at radius 2 is 2.00 bits per heavy atom. The van der Waals surface area contributed by atoms with E-state index < -0.39 is 0 Å². The van der Waals surface area contributed by atoms with Gasteiger partial charge in [0.2, 0.25) is 5.95 Å². The van der Waals surface area contributed by atoms with Gasteiger partial charge in [0.25, 0.3) is 0 Å². The summed E-state index contributed by atoms with van der Waals surface area (Å²) in [6, 6.07) is 0. The number of aromatic amines is 1. The third-order valence-corrected chi connectivity index (χ3v) is 2.11. The van der Waals surface area contributed by atoms with Gasteiger partial charge in [0.05, 0.1) is 6.54 Å². The van der Waals surface area contributed by atoms with Crippen LogP contribution in [0, 0.1) is 0 Å². The van der Waals surface area contributed by atoms with Crippen LogP contribution >= 0.6 is 0 Å². The van der Waals surface area contributed by atoms with Gasteiger partial charge in [-0.2, -0.15) is 4.98 Å². The Morgan fingerprint density at radius 3 is 2.57 bits per heavy atom. The van der Waals surface area contributed by atoms with Crippen LogP contribution < -0.4 is 10.2 Å². The monoisotopic (exact) mass is 197 g/mol. The second kappa shape index (κ2) is 5.59. The maximum Gasteiger partial charge on any atom is 0.244 e. The minimum absolute atomic E-state index is 0.755. The second-order valence-electron chi connectivity index (χ2n) is 3.03. The molecule has 0 bridgehead atoms. The van der Waals surface area contributed by atoms with Gasteiger partial charge < -0.3 is 10.2 Å². The van der Waals surface area contributed by atoms with Crippen molar-refractivity contribution in [2.45, 2.75) is 27.3 Å². The first-order valence-corrected chi connectivity index (χ1v) is 5.18. The van der Waals surface area contributed by atoms with Gasteiger partial charge in [-0.15, -0.1) is 5.10 Å². The van der Waals surface area contributed by atoms with Crippen LogP contribution in [0.5, 0.6) is 0 Å². The van der Waals surface area contributed by atoms with E-state index in [1.165, 1.54) is 0 Å². The predicted octanol–water partition coefficient (Wildman–Crippen LogP) is 0.760. The van der Waals surface area contributed by atoms with Crippen molar-refractivity contribution >= 4 is 5.95 Å². The van der Waals surface area contributed by atoms with Crippen LogP contribution in [0.25, 0.3) is 0 Å². The van der Waals surface area contributed by atoms with Crippen LogP contribution in [-0.4, -0.2) is 34.8 Å². The van der Waals surface area contributed by atoms with E-state index in [1.54, 1.807) is 0 Å². The molecule has 1 heterocycles. The molecule has 0 aliphatic carbocycles. The fourth-order valence-electron chi connectivity index (χ4n) is 1.26. The maximum atomic E-state index is 4.39. The maximum absolute atomic E-state index is 4.39. The summed E-state index contributed by atoms with van der Waals surface area (Å²) in [4.78, 5) is 6.50. The number of nitrogens with one attached hydrogen (secondary N) is 2. The van der Waals surface area contributed by atoms with Crippen molar-refractivity contribution in [2.24, 2.45) is 0 Å². The van der Waals surface area contributed by atoms with E-state index in [0.717, 1.165) is 38.0 Å². The van der Waals surface area contributed by atoms with E-state index in [2.05, 4.69) is 46.2 Å². The van der Waals surface area contributed by atoms with Gasteiger partial charge in [0.15, 0.2) is 0 Å². The smallest absolute Gasteiger partial charge is 0.244 e. The van der Waals surface area contributed by atoms with E-state index in [1.807, 2.05) is 0 Å². The lowest BCUT2D eigenvalue weighted by molar-refractivity contribution is 0.693. The van der Waals surface area contributed by atoms with Gasteiger partial charge in [-0.3, -0.25) is 5.10 Å². The van der Waals surface area contributed by atoms with E-state index in [0.29, 0.717) is 0 Å². The van der Waals surface area contributed by atoms with E-state index >= 15 is 0 Å². The molecule has 0 saturated carbocycles. The highest BCUT2D eigenvalue weighted by molar-refractivity contribution is 5.27. The summed E-state index contributed by atoms with van der Waals surface area (Å²) in [5.41, 5.74) is 0. The fraction of sp³-hybridized carbons (Fsp3) is 0.778. The molecule has 0 radical (unpaired) electrons. The highest BCUT2D eigenvalue weighted by atomic mass is 15.4. The minimum Gasteiger partial charge on any atom is -0.340 e. The average Bonchev–Trinajstić information content (AvgIpc) is 2.65. The molecule has 0 aliphatic rings. The topological polar surface area (TPSA) is 56.8 Å². The Kier molecular flexibility index (Phi) is 4.39. The fourth-order valence-corrected chi connectivity index (χ4v) is 1.26. The van der Waals surface area contributed by atoms with Crippen LogP contribution in [0.4, 0.5) is 5.95 Å². The second-order valence-corrected chi connectivity index (χ2v) is 3.03. The molecule has 14 heavy (non-hydrogen) atoms. The molecule has 1 rings (SSSR count). The molecule has 0 atom stereocenters. The molecular formula is C9H19N5. The number of H-pyrrole nitrogens is 1. The largest absolute Gasteiger partial charge is 0.340 e. The summed E-state index contributed by atoms with van der Waals surface area (Å²) in [7, 11) is 0. The van der Waals surface area contributed by atoms with Crippen LogP contribution in [0.3, 0.4) is 0 Å². The third-order valence-electron chi connectivity index (χ3n) is 2.11. The van der Waals surface area contributed by atoms with Crippen molar-refractivity contribution in [2.75, 3.05) is 24.5 Å². The van der Waals surface area contributed by atoms with Crippen LogP contribution in [0.15, 0.2) is 0 Å². The summed E-state index contributed by atoms with van der Waals surface area (Å²) in [6.45, 7) is 9.85. The molecule has 1 aromatic rings. The van der Waals surface area contributed by atoms with Crippen molar-refractivity contribution in [1.29, 1.82) is 0 Å². The number of anilines is 1. The molecule has 0 saturated heterocycles. The lowest BCUT2D eigenvalue weighted by Gasteiger charge is -2.14. The molecule has 1 aromatic heterocycles. The lowest BCUT2D eigenvalue weighted by Crippen LogP contribution is -2.23. The molecule has 0 fully saturated rings. The molecule has 0 aromatic carbocycles. The van der Waals surface area contributed by atoms with Gasteiger partial charge in [0, 0.05) is 13.1 Å². The normalized spacial score (nSPS) is 10.5. The van der Waals surface area contributed by atoms with Gasteiger partial charge in [-0.25, -0.2) is 0 Å². The molecule has 2 N–H and O–H groups in total. The van der Waals surface area contributed by atoms with Crippen LogP contribution in [0.2, 0.25) is 0 Å². The Hall–Kier alpha value is -1.10. The quantitative estimate of drug-likeness (QED) is 0.707. The van der Waals surface area contributed by atoms with Crippen molar-refractivity contribution < 1.29 is 0 Å². The Bertz CT molecular complexity index is 253. The standard InChI is InChI=1S/C9H19N5/c1-4-10-7-8-11-9(13-12-8)14(5-2)6-3/h10H,4-7H2,1-3H3,(H,11,12,13). The SMILES string of the molecule is CCNCc1nc(N(CC)CC)n[nH]1. The zero-order valence-corrected chi connectivity index (χ0v) is 9.17. The van der Waals surface area contributed by atoms with E-state index in [4.69, 9.17) is 0 Å². The molecular weight excluding hydrogens is 178 g/mol. The molecule has 5 nitrogen and oxygen atoms in total. The summed E-state index contributed by atoms with van der Waals surface area (Å²) in [5, 5.41) is 10.3. The number of rotatable bonds is 6. The molecule has 0 spiro atoms. The first-order chi connectivity index (χ1) is 6.81.